The summed E-state index contributed by atoms with van der Waals surface area (Å²) >= 11 is 9.52. The molecule has 0 spiro atoms. The molecule has 0 fully saturated rings. The molecule has 2 aromatic rings. The van der Waals surface area contributed by atoms with E-state index >= 15 is 0 Å². The molecule has 2 rings (SSSR count). The molecule has 0 aliphatic heterocycles. The van der Waals surface area contributed by atoms with Crippen molar-refractivity contribution in [1.82, 2.24) is 14.9 Å². The number of ether oxygens (including phenoxy) is 1. The SMILES string of the molecule is CC(C)NCc1cc(OCc2ncc(Cl)n2C)ccc1Br. The van der Waals surface area contributed by atoms with Crippen LogP contribution in [0.2, 0.25) is 5.15 Å². The second-order valence-electron chi connectivity index (χ2n) is 5.13. The van der Waals surface area contributed by atoms with Crippen molar-refractivity contribution in [3.63, 3.8) is 0 Å². The van der Waals surface area contributed by atoms with Gasteiger partial charge in [-0.05, 0) is 23.8 Å². The van der Waals surface area contributed by atoms with Crippen LogP contribution in [0.4, 0.5) is 0 Å². The van der Waals surface area contributed by atoms with Crippen molar-refractivity contribution >= 4 is 27.5 Å². The number of nitrogens with zero attached hydrogens (tertiary/aromatic N) is 2. The minimum absolute atomic E-state index is 0.391. The van der Waals surface area contributed by atoms with Crippen LogP contribution in [0, 0.1) is 0 Å². The van der Waals surface area contributed by atoms with Crippen molar-refractivity contribution in [3.8, 4) is 5.75 Å². The standard InChI is InChI=1S/C15H19BrClN3O/c1-10(2)18-7-11-6-12(4-5-13(11)16)21-9-15-19-8-14(17)20(15)3/h4-6,8,10,18H,7,9H2,1-3H3. The van der Waals surface area contributed by atoms with Crippen LogP contribution in [-0.4, -0.2) is 15.6 Å². The lowest BCUT2D eigenvalue weighted by molar-refractivity contribution is 0.291. The van der Waals surface area contributed by atoms with Gasteiger partial charge in [0.1, 0.15) is 23.3 Å². The van der Waals surface area contributed by atoms with Crippen LogP contribution in [0.1, 0.15) is 25.2 Å². The molecule has 0 unspecified atom stereocenters. The predicted molar refractivity (Wildman–Crippen MR) is 88.7 cm³/mol. The highest BCUT2D eigenvalue weighted by molar-refractivity contribution is 9.10. The summed E-state index contributed by atoms with van der Waals surface area (Å²) in [7, 11) is 1.87. The Morgan fingerprint density at radius 2 is 2.19 bits per heavy atom. The Morgan fingerprint density at radius 3 is 2.81 bits per heavy atom. The summed E-state index contributed by atoms with van der Waals surface area (Å²) in [5, 5.41) is 4.00. The molecule has 114 valence electrons. The van der Waals surface area contributed by atoms with Gasteiger partial charge >= 0.3 is 0 Å². The highest BCUT2D eigenvalue weighted by atomic mass is 79.9. The molecule has 0 bridgehead atoms. The van der Waals surface area contributed by atoms with E-state index in [2.05, 4.69) is 40.1 Å². The molecule has 0 saturated carbocycles. The number of benzene rings is 1. The zero-order valence-electron chi connectivity index (χ0n) is 12.4. The molecule has 1 aromatic heterocycles. The predicted octanol–water partition coefficient (Wildman–Crippen LogP) is 3.91. The van der Waals surface area contributed by atoms with Crippen molar-refractivity contribution in [2.45, 2.75) is 33.0 Å². The lowest BCUT2D eigenvalue weighted by Crippen LogP contribution is -2.22. The monoisotopic (exact) mass is 371 g/mol. The molecule has 0 aliphatic carbocycles. The van der Waals surface area contributed by atoms with E-state index in [4.69, 9.17) is 16.3 Å². The van der Waals surface area contributed by atoms with Crippen LogP contribution < -0.4 is 10.1 Å². The Morgan fingerprint density at radius 1 is 1.43 bits per heavy atom. The fourth-order valence-electron chi connectivity index (χ4n) is 1.80. The number of aromatic nitrogens is 2. The summed E-state index contributed by atoms with van der Waals surface area (Å²) in [5.74, 6) is 1.61. The van der Waals surface area contributed by atoms with E-state index in [1.54, 1.807) is 6.20 Å². The normalized spacial score (nSPS) is 11.1. The number of nitrogens with one attached hydrogen (secondary N) is 1. The van der Waals surface area contributed by atoms with Crippen LogP contribution in [0.15, 0.2) is 28.9 Å². The summed E-state index contributed by atoms with van der Waals surface area (Å²) in [6.07, 6.45) is 1.62. The molecule has 0 atom stereocenters. The summed E-state index contributed by atoms with van der Waals surface area (Å²) in [6.45, 7) is 5.43. The molecule has 0 amide bonds. The van der Waals surface area contributed by atoms with Gasteiger partial charge in [-0.3, -0.25) is 0 Å². The van der Waals surface area contributed by atoms with Gasteiger partial charge in [-0.1, -0.05) is 41.4 Å². The summed E-state index contributed by atoms with van der Waals surface area (Å²) in [5.41, 5.74) is 1.17. The number of imidazole rings is 1. The second kappa shape index (κ2) is 7.29. The lowest BCUT2D eigenvalue weighted by atomic mass is 10.2. The quantitative estimate of drug-likeness (QED) is 0.835. The first-order chi connectivity index (χ1) is 9.97. The van der Waals surface area contributed by atoms with E-state index < -0.39 is 0 Å². The molecule has 1 aromatic carbocycles. The van der Waals surface area contributed by atoms with Gasteiger partial charge in [0.05, 0.1) is 6.20 Å². The van der Waals surface area contributed by atoms with E-state index in [0.717, 1.165) is 22.6 Å². The molecule has 0 saturated heterocycles. The average molecular weight is 373 g/mol. The maximum Gasteiger partial charge on any atom is 0.147 e. The molecule has 21 heavy (non-hydrogen) atoms. The number of rotatable bonds is 6. The van der Waals surface area contributed by atoms with E-state index in [9.17, 15) is 0 Å². The first-order valence-electron chi connectivity index (χ1n) is 6.78. The fourth-order valence-corrected chi connectivity index (χ4v) is 2.33. The topological polar surface area (TPSA) is 39.1 Å². The van der Waals surface area contributed by atoms with Gasteiger partial charge in [0, 0.05) is 24.1 Å². The largest absolute Gasteiger partial charge is 0.486 e. The number of hydrogen-bond acceptors (Lipinski definition) is 3. The minimum atomic E-state index is 0.391. The molecule has 0 radical (unpaired) electrons. The van der Waals surface area contributed by atoms with E-state index in [-0.39, 0.29) is 0 Å². The van der Waals surface area contributed by atoms with E-state index in [0.29, 0.717) is 17.8 Å². The summed E-state index contributed by atoms with van der Waals surface area (Å²) in [6, 6.07) is 6.41. The van der Waals surface area contributed by atoms with E-state index in [1.807, 2.05) is 29.8 Å². The second-order valence-corrected chi connectivity index (χ2v) is 6.38. The van der Waals surface area contributed by atoms with Gasteiger partial charge in [-0.25, -0.2) is 4.98 Å². The highest BCUT2D eigenvalue weighted by Gasteiger charge is 2.07. The summed E-state index contributed by atoms with van der Waals surface area (Å²) in [4.78, 5) is 4.21. The highest BCUT2D eigenvalue weighted by Crippen LogP contribution is 2.23. The third-order valence-electron chi connectivity index (χ3n) is 3.11. The molecule has 6 heteroatoms. The Labute approximate surface area is 138 Å². The molecular formula is C15H19BrClN3O. The molecule has 0 aliphatic rings. The molecule has 4 nitrogen and oxygen atoms in total. The van der Waals surface area contributed by atoms with Crippen molar-refractivity contribution in [1.29, 1.82) is 0 Å². The Hall–Kier alpha value is -1.04. The first kappa shape index (κ1) is 16.3. The first-order valence-corrected chi connectivity index (χ1v) is 7.95. The van der Waals surface area contributed by atoms with E-state index in [1.165, 1.54) is 5.56 Å². The Kier molecular flexibility index (Phi) is 5.67. The van der Waals surface area contributed by atoms with Gasteiger partial charge in [0.2, 0.25) is 0 Å². The van der Waals surface area contributed by atoms with Gasteiger partial charge < -0.3 is 14.6 Å². The minimum Gasteiger partial charge on any atom is -0.486 e. The van der Waals surface area contributed by atoms with Crippen LogP contribution in [0.5, 0.6) is 5.75 Å². The lowest BCUT2D eigenvalue weighted by Gasteiger charge is -2.12. The Balaban J connectivity index is 2.03. The van der Waals surface area contributed by atoms with Gasteiger partial charge in [-0.2, -0.15) is 0 Å². The van der Waals surface area contributed by atoms with Crippen LogP contribution in [0.25, 0.3) is 0 Å². The zero-order chi connectivity index (χ0) is 15.4. The van der Waals surface area contributed by atoms with Crippen LogP contribution >= 0.6 is 27.5 Å². The molecule has 1 N–H and O–H groups in total. The van der Waals surface area contributed by atoms with Gasteiger partial charge in [-0.15, -0.1) is 0 Å². The third-order valence-corrected chi connectivity index (χ3v) is 4.24. The smallest absolute Gasteiger partial charge is 0.147 e. The van der Waals surface area contributed by atoms with Gasteiger partial charge in [0.25, 0.3) is 0 Å². The van der Waals surface area contributed by atoms with Crippen molar-refractivity contribution in [3.05, 3.63) is 45.4 Å². The van der Waals surface area contributed by atoms with Crippen LogP contribution in [0.3, 0.4) is 0 Å². The Bertz CT molecular complexity index is 613. The van der Waals surface area contributed by atoms with Gasteiger partial charge in [0.15, 0.2) is 0 Å². The molecular weight excluding hydrogens is 354 g/mol. The van der Waals surface area contributed by atoms with Crippen LogP contribution in [-0.2, 0) is 20.2 Å². The summed E-state index contributed by atoms with van der Waals surface area (Å²) < 4.78 is 8.68. The molecule has 1 heterocycles. The average Bonchev–Trinajstić information content (AvgIpc) is 2.76. The number of halogens is 2. The van der Waals surface area contributed by atoms with Crippen molar-refractivity contribution in [2.75, 3.05) is 0 Å². The number of hydrogen-bond donors (Lipinski definition) is 1. The maximum atomic E-state index is 5.96. The fraction of sp³-hybridized carbons (Fsp3) is 0.400. The third kappa shape index (κ3) is 4.46. The maximum absolute atomic E-state index is 5.96. The van der Waals surface area contributed by atoms with Crippen molar-refractivity contribution < 1.29 is 4.74 Å². The van der Waals surface area contributed by atoms with Crippen molar-refractivity contribution in [2.24, 2.45) is 7.05 Å². The zero-order valence-corrected chi connectivity index (χ0v) is 14.7.